The second kappa shape index (κ2) is 6.55. The third-order valence-corrected chi connectivity index (χ3v) is 2.72. The molecule has 92 valence electrons. The monoisotopic (exact) mass is 348 g/mol. The quantitative estimate of drug-likeness (QED) is 0.701. The Balaban J connectivity index is 2.42. The molecule has 1 amide bonds. The van der Waals surface area contributed by atoms with Crippen molar-refractivity contribution in [1.29, 1.82) is 0 Å². The van der Waals surface area contributed by atoms with E-state index in [0.717, 1.165) is 3.57 Å². The Hall–Kier alpha value is -1.15. The molecule has 0 spiro atoms. The van der Waals surface area contributed by atoms with Gasteiger partial charge in [-0.25, -0.2) is 0 Å². The third-order valence-electron chi connectivity index (χ3n) is 2.05. The number of carbonyl (C=O) groups is 2. The number of halogens is 1. The summed E-state index contributed by atoms with van der Waals surface area (Å²) in [4.78, 5) is 22.0. The van der Waals surface area contributed by atoms with E-state index in [0.29, 0.717) is 5.69 Å². The van der Waals surface area contributed by atoms with Crippen LogP contribution in [-0.4, -0.2) is 29.6 Å². The highest BCUT2D eigenvalue weighted by Crippen LogP contribution is 2.11. The number of hydrogen-bond donors (Lipinski definition) is 3. The molecule has 0 bridgehead atoms. The van der Waals surface area contributed by atoms with Crippen LogP contribution < -0.4 is 10.6 Å². The van der Waals surface area contributed by atoms with Gasteiger partial charge in [0.1, 0.15) is 6.04 Å². The van der Waals surface area contributed by atoms with Crippen LogP contribution in [-0.2, 0) is 9.59 Å². The van der Waals surface area contributed by atoms with Crippen LogP contribution in [0.3, 0.4) is 0 Å². The van der Waals surface area contributed by atoms with Crippen molar-refractivity contribution in [3.63, 3.8) is 0 Å². The first-order valence-corrected chi connectivity index (χ1v) is 6.08. The average molecular weight is 348 g/mol. The smallest absolute Gasteiger partial charge is 0.320 e. The van der Waals surface area contributed by atoms with Crippen molar-refractivity contribution in [2.75, 3.05) is 11.9 Å². The molecule has 17 heavy (non-hydrogen) atoms. The summed E-state index contributed by atoms with van der Waals surface area (Å²) in [7, 11) is 0. The first-order chi connectivity index (χ1) is 7.99. The Bertz CT molecular complexity index is 423. The van der Waals surface area contributed by atoms with E-state index < -0.39 is 12.0 Å². The van der Waals surface area contributed by atoms with Gasteiger partial charge in [0.15, 0.2) is 0 Å². The fraction of sp³-hybridized carbons (Fsp3) is 0.273. The molecule has 0 radical (unpaired) electrons. The Morgan fingerprint density at radius 1 is 1.47 bits per heavy atom. The zero-order valence-electron chi connectivity index (χ0n) is 9.24. The predicted molar refractivity (Wildman–Crippen MR) is 72.9 cm³/mol. The number of amides is 1. The van der Waals surface area contributed by atoms with Crippen LogP contribution in [0.15, 0.2) is 24.3 Å². The number of carboxylic acid groups (broad SMARTS) is 1. The zero-order valence-corrected chi connectivity index (χ0v) is 11.4. The molecular weight excluding hydrogens is 335 g/mol. The summed E-state index contributed by atoms with van der Waals surface area (Å²) in [6.45, 7) is 1.46. The van der Waals surface area contributed by atoms with Crippen LogP contribution in [0.2, 0.25) is 0 Å². The van der Waals surface area contributed by atoms with Gasteiger partial charge in [-0.2, -0.15) is 0 Å². The molecule has 1 aromatic carbocycles. The maximum atomic E-state index is 11.5. The minimum atomic E-state index is -0.980. The Morgan fingerprint density at radius 2 is 2.18 bits per heavy atom. The standard InChI is InChI=1S/C11H13IN2O3/c1-7(11(16)17)13-6-10(15)14-9-4-2-3-8(12)5-9/h2-5,7,13H,6H2,1H3,(H,14,15)(H,16,17)/t7-/m0/s1. The van der Waals surface area contributed by atoms with E-state index in [4.69, 9.17) is 5.11 Å². The van der Waals surface area contributed by atoms with E-state index in [9.17, 15) is 9.59 Å². The number of rotatable bonds is 5. The minimum absolute atomic E-state index is 0.0288. The fourth-order valence-electron chi connectivity index (χ4n) is 1.10. The van der Waals surface area contributed by atoms with Gasteiger partial charge in [0.25, 0.3) is 0 Å². The van der Waals surface area contributed by atoms with Crippen molar-refractivity contribution in [3.8, 4) is 0 Å². The van der Waals surface area contributed by atoms with Gasteiger partial charge >= 0.3 is 5.97 Å². The van der Waals surface area contributed by atoms with E-state index in [1.54, 1.807) is 6.07 Å². The van der Waals surface area contributed by atoms with Gasteiger partial charge in [0, 0.05) is 9.26 Å². The molecule has 0 heterocycles. The third kappa shape index (κ3) is 5.14. The minimum Gasteiger partial charge on any atom is -0.480 e. The maximum Gasteiger partial charge on any atom is 0.320 e. The van der Waals surface area contributed by atoms with Crippen LogP contribution in [0.1, 0.15) is 6.92 Å². The molecule has 0 aromatic heterocycles. The van der Waals surface area contributed by atoms with Gasteiger partial charge in [0.2, 0.25) is 5.91 Å². The van der Waals surface area contributed by atoms with Crippen molar-refractivity contribution in [2.24, 2.45) is 0 Å². The van der Waals surface area contributed by atoms with E-state index >= 15 is 0 Å². The molecule has 1 atom stereocenters. The van der Waals surface area contributed by atoms with E-state index in [1.165, 1.54) is 6.92 Å². The summed E-state index contributed by atoms with van der Waals surface area (Å²) in [5.74, 6) is -1.24. The summed E-state index contributed by atoms with van der Waals surface area (Å²) < 4.78 is 1.02. The molecule has 5 nitrogen and oxygen atoms in total. The first-order valence-electron chi connectivity index (χ1n) is 5.00. The highest BCUT2D eigenvalue weighted by molar-refractivity contribution is 14.1. The molecule has 0 aliphatic carbocycles. The number of aliphatic carboxylic acids is 1. The van der Waals surface area contributed by atoms with E-state index in [-0.39, 0.29) is 12.5 Å². The van der Waals surface area contributed by atoms with Crippen molar-refractivity contribution in [2.45, 2.75) is 13.0 Å². The molecule has 0 saturated carbocycles. The lowest BCUT2D eigenvalue weighted by Crippen LogP contribution is -2.39. The molecule has 0 fully saturated rings. The number of hydrogen-bond acceptors (Lipinski definition) is 3. The highest BCUT2D eigenvalue weighted by Gasteiger charge is 2.11. The fourth-order valence-corrected chi connectivity index (χ4v) is 1.65. The topological polar surface area (TPSA) is 78.4 Å². The number of benzene rings is 1. The first kappa shape index (κ1) is 13.9. The van der Waals surface area contributed by atoms with Crippen LogP contribution in [0.25, 0.3) is 0 Å². The Labute approximate surface area is 113 Å². The van der Waals surface area contributed by atoms with Crippen molar-refractivity contribution >= 4 is 40.2 Å². The summed E-state index contributed by atoms with van der Waals surface area (Å²) in [5.41, 5.74) is 0.701. The van der Waals surface area contributed by atoms with Crippen LogP contribution in [0.4, 0.5) is 5.69 Å². The molecule has 0 aliphatic heterocycles. The average Bonchev–Trinajstić information content (AvgIpc) is 2.25. The SMILES string of the molecule is C[C@H](NCC(=O)Nc1cccc(I)c1)C(=O)O. The number of nitrogens with one attached hydrogen (secondary N) is 2. The molecular formula is C11H13IN2O3. The van der Waals surface area contributed by atoms with Gasteiger partial charge in [0.05, 0.1) is 6.54 Å². The maximum absolute atomic E-state index is 11.5. The number of carboxylic acids is 1. The molecule has 1 rings (SSSR count). The summed E-state index contributed by atoms with van der Waals surface area (Å²) in [6.07, 6.45) is 0. The van der Waals surface area contributed by atoms with Gasteiger partial charge in [-0.05, 0) is 47.7 Å². The van der Waals surface area contributed by atoms with E-state index in [2.05, 4.69) is 33.2 Å². The van der Waals surface area contributed by atoms with E-state index in [1.807, 2.05) is 18.2 Å². The Morgan fingerprint density at radius 3 is 2.76 bits per heavy atom. The predicted octanol–water partition coefficient (Wildman–Crippen LogP) is 1.29. The van der Waals surface area contributed by atoms with Crippen molar-refractivity contribution in [3.05, 3.63) is 27.8 Å². The van der Waals surface area contributed by atoms with Crippen LogP contribution in [0.5, 0.6) is 0 Å². The van der Waals surface area contributed by atoms with Crippen molar-refractivity contribution < 1.29 is 14.7 Å². The lowest BCUT2D eigenvalue weighted by molar-refractivity contribution is -0.139. The van der Waals surface area contributed by atoms with Gasteiger partial charge in [-0.1, -0.05) is 6.07 Å². The van der Waals surface area contributed by atoms with Crippen LogP contribution >= 0.6 is 22.6 Å². The molecule has 0 saturated heterocycles. The lowest BCUT2D eigenvalue weighted by atomic mass is 10.3. The summed E-state index contributed by atoms with van der Waals surface area (Å²) >= 11 is 2.15. The molecule has 6 heteroatoms. The summed E-state index contributed by atoms with van der Waals surface area (Å²) in [5, 5.41) is 13.9. The molecule has 1 aromatic rings. The lowest BCUT2D eigenvalue weighted by Gasteiger charge is -2.09. The molecule has 0 aliphatic rings. The van der Waals surface area contributed by atoms with Gasteiger partial charge < -0.3 is 10.4 Å². The second-order valence-electron chi connectivity index (χ2n) is 3.50. The second-order valence-corrected chi connectivity index (χ2v) is 4.74. The number of carbonyl (C=O) groups excluding carboxylic acids is 1. The largest absolute Gasteiger partial charge is 0.480 e. The van der Waals surface area contributed by atoms with Crippen LogP contribution in [0, 0.1) is 3.57 Å². The summed E-state index contributed by atoms with van der Waals surface area (Å²) in [6, 6.07) is 6.63. The zero-order chi connectivity index (χ0) is 12.8. The Kier molecular flexibility index (Phi) is 5.36. The molecule has 3 N–H and O–H groups in total. The van der Waals surface area contributed by atoms with Crippen molar-refractivity contribution in [1.82, 2.24) is 5.32 Å². The normalized spacial score (nSPS) is 11.9. The molecule has 0 unspecified atom stereocenters. The van der Waals surface area contributed by atoms with Gasteiger partial charge in [-0.15, -0.1) is 0 Å². The van der Waals surface area contributed by atoms with Gasteiger partial charge in [-0.3, -0.25) is 14.9 Å². The highest BCUT2D eigenvalue weighted by atomic mass is 127. The number of anilines is 1.